The highest BCUT2D eigenvalue weighted by Gasteiger charge is 2.17. The van der Waals surface area contributed by atoms with Crippen LogP contribution in [-0.4, -0.2) is 25.7 Å². The number of rotatable bonds is 4. The monoisotopic (exact) mass is 269 g/mol. The van der Waals surface area contributed by atoms with E-state index in [2.05, 4.69) is 10.1 Å². The number of hydrogen-bond acceptors (Lipinski definition) is 4. The molecule has 0 aliphatic carbocycles. The van der Waals surface area contributed by atoms with Crippen LogP contribution in [0.5, 0.6) is 5.75 Å². The third-order valence-electron chi connectivity index (χ3n) is 2.79. The second-order valence-corrected chi connectivity index (χ2v) is 4.10. The van der Waals surface area contributed by atoms with E-state index >= 15 is 0 Å². The molecule has 1 aromatic carbocycles. The van der Waals surface area contributed by atoms with E-state index in [1.54, 1.807) is 18.3 Å². The molecule has 3 rings (SSSR count). The van der Waals surface area contributed by atoms with Crippen LogP contribution in [0.4, 0.5) is 0 Å². The summed E-state index contributed by atoms with van der Waals surface area (Å²) in [4.78, 5) is 15.2. The standard InChI is InChI=1S/C14H11N3O3/c18-14(19)13-11-7-4-8-15-17(11)12(16-13)9-20-10-5-2-1-3-6-10/h1-8H,9H2,(H,18,19). The zero-order valence-electron chi connectivity index (χ0n) is 10.4. The summed E-state index contributed by atoms with van der Waals surface area (Å²) in [6, 6.07) is 12.6. The van der Waals surface area contributed by atoms with Crippen molar-refractivity contribution in [3.05, 3.63) is 60.2 Å². The van der Waals surface area contributed by atoms with Crippen molar-refractivity contribution in [2.75, 3.05) is 0 Å². The van der Waals surface area contributed by atoms with Crippen LogP contribution in [0, 0.1) is 0 Å². The Balaban J connectivity index is 1.94. The molecule has 20 heavy (non-hydrogen) atoms. The molecule has 2 aromatic heterocycles. The summed E-state index contributed by atoms with van der Waals surface area (Å²) in [5, 5.41) is 13.2. The topological polar surface area (TPSA) is 76.7 Å². The van der Waals surface area contributed by atoms with Gasteiger partial charge in [0.1, 0.15) is 17.9 Å². The maximum absolute atomic E-state index is 11.2. The van der Waals surface area contributed by atoms with Gasteiger partial charge >= 0.3 is 5.97 Å². The van der Waals surface area contributed by atoms with Crippen LogP contribution in [0.3, 0.4) is 0 Å². The Morgan fingerprint density at radius 3 is 2.75 bits per heavy atom. The number of carbonyl (C=O) groups is 1. The number of nitrogens with zero attached hydrogens (tertiary/aromatic N) is 3. The van der Waals surface area contributed by atoms with Gasteiger partial charge in [-0.1, -0.05) is 18.2 Å². The molecule has 6 nitrogen and oxygen atoms in total. The maximum atomic E-state index is 11.2. The number of aromatic carboxylic acids is 1. The van der Waals surface area contributed by atoms with Crippen LogP contribution in [0.25, 0.3) is 5.52 Å². The first-order valence-corrected chi connectivity index (χ1v) is 5.99. The highest BCUT2D eigenvalue weighted by molar-refractivity contribution is 5.93. The van der Waals surface area contributed by atoms with Gasteiger partial charge in [-0.3, -0.25) is 0 Å². The Bertz CT molecular complexity index is 753. The van der Waals surface area contributed by atoms with Gasteiger partial charge in [0.25, 0.3) is 0 Å². The van der Waals surface area contributed by atoms with Crippen molar-refractivity contribution in [3.63, 3.8) is 0 Å². The molecule has 2 heterocycles. The van der Waals surface area contributed by atoms with E-state index in [1.807, 2.05) is 30.3 Å². The van der Waals surface area contributed by atoms with Crippen molar-refractivity contribution in [2.45, 2.75) is 6.61 Å². The normalized spacial score (nSPS) is 10.6. The van der Waals surface area contributed by atoms with Gasteiger partial charge in [0.2, 0.25) is 0 Å². The Hall–Kier alpha value is -2.89. The van der Waals surface area contributed by atoms with E-state index in [4.69, 9.17) is 9.84 Å². The van der Waals surface area contributed by atoms with Gasteiger partial charge in [-0.2, -0.15) is 5.10 Å². The summed E-state index contributed by atoms with van der Waals surface area (Å²) >= 11 is 0. The quantitative estimate of drug-likeness (QED) is 0.784. The SMILES string of the molecule is O=C(O)c1nc(COc2ccccc2)n2ncccc12. The number of ether oxygens (including phenoxy) is 1. The number of carboxylic acid groups (broad SMARTS) is 1. The first kappa shape index (κ1) is 12.2. The molecule has 0 saturated carbocycles. The van der Waals surface area contributed by atoms with Gasteiger partial charge in [0.15, 0.2) is 11.5 Å². The van der Waals surface area contributed by atoms with Gasteiger partial charge in [0.05, 0.1) is 0 Å². The molecule has 100 valence electrons. The second-order valence-electron chi connectivity index (χ2n) is 4.10. The minimum Gasteiger partial charge on any atom is -0.486 e. The summed E-state index contributed by atoms with van der Waals surface area (Å²) in [6.07, 6.45) is 1.58. The molecule has 0 atom stereocenters. The Morgan fingerprint density at radius 2 is 2.00 bits per heavy atom. The van der Waals surface area contributed by atoms with Crippen molar-refractivity contribution in [1.82, 2.24) is 14.6 Å². The molecule has 0 amide bonds. The van der Waals surface area contributed by atoms with E-state index < -0.39 is 5.97 Å². The Kier molecular flexibility index (Phi) is 3.04. The predicted octanol–water partition coefficient (Wildman–Crippen LogP) is 2.01. The first-order valence-electron chi connectivity index (χ1n) is 5.99. The minimum absolute atomic E-state index is 0.0234. The van der Waals surface area contributed by atoms with Gasteiger partial charge in [-0.15, -0.1) is 0 Å². The fourth-order valence-corrected chi connectivity index (χ4v) is 1.91. The van der Waals surface area contributed by atoms with Crippen molar-refractivity contribution in [2.24, 2.45) is 0 Å². The van der Waals surface area contributed by atoms with Gasteiger partial charge < -0.3 is 9.84 Å². The lowest BCUT2D eigenvalue weighted by Crippen LogP contribution is -2.03. The van der Waals surface area contributed by atoms with Crippen molar-refractivity contribution >= 4 is 11.5 Å². The summed E-state index contributed by atoms with van der Waals surface area (Å²) in [5.74, 6) is 0.0559. The molecule has 0 fully saturated rings. The van der Waals surface area contributed by atoms with Crippen LogP contribution < -0.4 is 4.74 Å². The molecule has 0 aliphatic rings. The lowest BCUT2D eigenvalue weighted by molar-refractivity contribution is 0.0693. The molecule has 0 unspecified atom stereocenters. The highest BCUT2D eigenvalue weighted by Crippen LogP contribution is 2.15. The van der Waals surface area contributed by atoms with Crippen LogP contribution >= 0.6 is 0 Å². The number of aromatic nitrogens is 3. The lowest BCUT2D eigenvalue weighted by atomic mass is 10.3. The minimum atomic E-state index is -1.08. The Morgan fingerprint density at radius 1 is 1.20 bits per heavy atom. The summed E-state index contributed by atoms with van der Waals surface area (Å²) < 4.78 is 7.06. The molecule has 0 bridgehead atoms. The smallest absolute Gasteiger partial charge is 0.356 e. The number of fused-ring (bicyclic) bond motifs is 1. The average molecular weight is 269 g/mol. The van der Waals surface area contributed by atoms with Crippen molar-refractivity contribution < 1.29 is 14.6 Å². The highest BCUT2D eigenvalue weighted by atomic mass is 16.5. The Labute approximate surface area is 114 Å². The molecular formula is C14H11N3O3. The average Bonchev–Trinajstić information content (AvgIpc) is 2.85. The van der Waals surface area contributed by atoms with Crippen molar-refractivity contribution in [1.29, 1.82) is 0 Å². The number of para-hydroxylation sites is 1. The summed E-state index contributed by atoms with van der Waals surface area (Å²) in [6.45, 7) is 0.148. The number of hydrogen-bond donors (Lipinski definition) is 1. The fraction of sp³-hybridized carbons (Fsp3) is 0.0714. The molecular weight excluding hydrogens is 258 g/mol. The number of carboxylic acids is 1. The van der Waals surface area contributed by atoms with E-state index in [9.17, 15) is 4.79 Å². The summed E-state index contributed by atoms with van der Waals surface area (Å²) in [5.41, 5.74) is 0.427. The van der Waals surface area contributed by atoms with Crippen molar-refractivity contribution in [3.8, 4) is 5.75 Å². The largest absolute Gasteiger partial charge is 0.486 e. The van der Waals surface area contributed by atoms with Crippen LogP contribution in [0.2, 0.25) is 0 Å². The van der Waals surface area contributed by atoms with E-state index in [0.717, 1.165) is 0 Å². The summed E-state index contributed by atoms with van der Waals surface area (Å²) in [7, 11) is 0. The van der Waals surface area contributed by atoms with E-state index in [-0.39, 0.29) is 12.3 Å². The number of imidazole rings is 1. The van der Waals surface area contributed by atoms with Crippen LogP contribution in [0.15, 0.2) is 48.7 Å². The zero-order valence-corrected chi connectivity index (χ0v) is 10.4. The molecule has 3 aromatic rings. The maximum Gasteiger partial charge on any atom is 0.356 e. The van der Waals surface area contributed by atoms with Crippen LogP contribution in [0.1, 0.15) is 16.3 Å². The zero-order chi connectivity index (χ0) is 13.9. The predicted molar refractivity (Wildman–Crippen MR) is 70.7 cm³/mol. The van der Waals surface area contributed by atoms with E-state index in [1.165, 1.54) is 4.52 Å². The molecule has 1 N–H and O–H groups in total. The first-order chi connectivity index (χ1) is 9.75. The van der Waals surface area contributed by atoms with E-state index in [0.29, 0.717) is 17.1 Å². The van der Waals surface area contributed by atoms with Gasteiger partial charge in [-0.25, -0.2) is 14.3 Å². The molecule has 0 radical (unpaired) electrons. The molecule has 0 saturated heterocycles. The van der Waals surface area contributed by atoms with Crippen LogP contribution in [-0.2, 0) is 6.61 Å². The number of benzene rings is 1. The molecule has 0 aliphatic heterocycles. The molecule has 0 spiro atoms. The third-order valence-corrected chi connectivity index (χ3v) is 2.79. The second kappa shape index (κ2) is 5.00. The lowest BCUT2D eigenvalue weighted by Gasteiger charge is -2.04. The molecule has 6 heteroatoms. The van der Waals surface area contributed by atoms with Gasteiger partial charge in [-0.05, 0) is 24.3 Å². The fourth-order valence-electron chi connectivity index (χ4n) is 1.91. The third kappa shape index (κ3) is 2.18. The van der Waals surface area contributed by atoms with Gasteiger partial charge in [0, 0.05) is 6.20 Å².